The first-order chi connectivity index (χ1) is 15.9. The third-order valence-corrected chi connectivity index (χ3v) is 6.86. The lowest BCUT2D eigenvalue weighted by atomic mass is 10.2. The Labute approximate surface area is 190 Å². The molecule has 6 rings (SSSR count). The van der Waals surface area contributed by atoms with E-state index < -0.39 is 6.17 Å². The second-order valence-electron chi connectivity index (χ2n) is 8.37. The van der Waals surface area contributed by atoms with E-state index in [4.69, 9.17) is 4.98 Å². The van der Waals surface area contributed by atoms with Crippen LogP contribution in [0.15, 0.2) is 29.2 Å². The standard InChI is InChI=1S/C22H20FN7O2S/c1-11-15(28-22(32)25-11)6-12-8-24-30-19(26-14-2-3-14)7-16(27-20(12)30)17-4-5-18(33-17)21(31)29-9-13(23)10-29/h4-8,13-14,26H,1-3,9-10H2,(H2,25,28,32)/b15-6-. The third-order valence-electron chi connectivity index (χ3n) is 5.76. The van der Waals surface area contributed by atoms with Gasteiger partial charge in [-0.25, -0.2) is 14.2 Å². The molecule has 1 aliphatic heterocycles. The number of hydrogen-bond donors (Lipinski definition) is 3. The summed E-state index contributed by atoms with van der Waals surface area (Å²) in [5.41, 5.74) is 1.71. The van der Waals surface area contributed by atoms with Gasteiger partial charge in [0.1, 0.15) is 12.0 Å². The van der Waals surface area contributed by atoms with E-state index in [1.807, 2.05) is 12.1 Å². The van der Waals surface area contributed by atoms with Crippen LogP contribution in [0.25, 0.3) is 28.9 Å². The number of nitrogens with one attached hydrogen (secondary N) is 3. The van der Waals surface area contributed by atoms with Gasteiger partial charge in [-0.3, -0.25) is 4.79 Å². The Morgan fingerprint density at radius 3 is 2.82 bits per heavy atom. The Bertz CT molecular complexity index is 1560. The van der Waals surface area contributed by atoms with Crippen molar-refractivity contribution in [1.29, 1.82) is 0 Å². The summed E-state index contributed by atoms with van der Waals surface area (Å²) in [7, 11) is 0. The van der Waals surface area contributed by atoms with Crippen LogP contribution in [0, 0.1) is 0 Å². The maximum atomic E-state index is 13.2. The normalized spacial score (nSPS) is 17.0. The number of aromatic amines is 2. The highest BCUT2D eigenvalue weighted by atomic mass is 32.1. The number of H-pyrrole nitrogens is 2. The van der Waals surface area contributed by atoms with Gasteiger partial charge in [0.2, 0.25) is 0 Å². The van der Waals surface area contributed by atoms with E-state index in [0.29, 0.717) is 33.0 Å². The number of rotatable bonds is 5. The monoisotopic (exact) mass is 465 g/mol. The van der Waals surface area contributed by atoms with Crippen molar-refractivity contribution in [2.75, 3.05) is 18.4 Å². The molecule has 168 valence electrons. The number of aromatic nitrogens is 5. The number of halogens is 1. The molecule has 1 aliphatic carbocycles. The molecule has 2 aliphatic rings. The van der Waals surface area contributed by atoms with Crippen molar-refractivity contribution in [1.82, 2.24) is 29.5 Å². The Balaban J connectivity index is 1.44. The van der Waals surface area contributed by atoms with E-state index in [-0.39, 0.29) is 24.7 Å². The second kappa shape index (κ2) is 7.41. The van der Waals surface area contributed by atoms with Crippen molar-refractivity contribution >= 4 is 41.4 Å². The van der Waals surface area contributed by atoms with Crippen LogP contribution < -0.4 is 21.7 Å². The lowest BCUT2D eigenvalue weighted by molar-refractivity contribution is 0.0405. The topological polar surface area (TPSA) is 111 Å². The van der Waals surface area contributed by atoms with Gasteiger partial charge in [0.05, 0.1) is 45.4 Å². The summed E-state index contributed by atoms with van der Waals surface area (Å²) in [4.78, 5) is 37.2. The molecule has 5 heterocycles. The highest BCUT2D eigenvalue weighted by Gasteiger charge is 2.32. The van der Waals surface area contributed by atoms with Gasteiger partial charge in [0, 0.05) is 17.7 Å². The minimum atomic E-state index is -0.932. The number of alkyl halides is 1. The van der Waals surface area contributed by atoms with Gasteiger partial charge in [0.15, 0.2) is 5.65 Å². The lowest BCUT2D eigenvalue weighted by Crippen LogP contribution is -2.51. The molecule has 0 atom stereocenters. The minimum absolute atomic E-state index is 0.149. The largest absolute Gasteiger partial charge is 0.367 e. The zero-order chi connectivity index (χ0) is 22.7. The first-order valence-corrected chi connectivity index (χ1v) is 11.4. The molecular weight excluding hydrogens is 445 g/mol. The third kappa shape index (κ3) is 3.63. The molecule has 0 aromatic carbocycles. The van der Waals surface area contributed by atoms with Crippen LogP contribution >= 0.6 is 11.3 Å². The van der Waals surface area contributed by atoms with Gasteiger partial charge < -0.3 is 20.2 Å². The number of imidazole rings is 1. The summed E-state index contributed by atoms with van der Waals surface area (Å²) < 4.78 is 14.9. The van der Waals surface area contributed by atoms with Gasteiger partial charge in [0.25, 0.3) is 5.91 Å². The summed E-state index contributed by atoms with van der Waals surface area (Å²) >= 11 is 1.34. The molecule has 1 saturated heterocycles. The zero-order valence-corrected chi connectivity index (χ0v) is 18.3. The average molecular weight is 466 g/mol. The fraction of sp³-hybridized carbons (Fsp3) is 0.273. The van der Waals surface area contributed by atoms with Crippen molar-refractivity contribution in [3.63, 3.8) is 0 Å². The number of amides is 1. The lowest BCUT2D eigenvalue weighted by Gasteiger charge is -2.33. The van der Waals surface area contributed by atoms with E-state index in [2.05, 4.69) is 27.0 Å². The van der Waals surface area contributed by atoms with Crippen LogP contribution in [-0.4, -0.2) is 60.7 Å². The summed E-state index contributed by atoms with van der Waals surface area (Å²) in [6, 6.07) is 5.94. The Kier molecular flexibility index (Phi) is 4.47. The van der Waals surface area contributed by atoms with Crippen LogP contribution in [0.4, 0.5) is 10.2 Å². The van der Waals surface area contributed by atoms with Crippen LogP contribution in [0.1, 0.15) is 28.1 Å². The highest BCUT2D eigenvalue weighted by Crippen LogP contribution is 2.33. The first-order valence-electron chi connectivity index (χ1n) is 10.6. The number of anilines is 1. The smallest absolute Gasteiger partial charge is 0.323 e. The molecule has 4 aromatic rings. The van der Waals surface area contributed by atoms with E-state index in [9.17, 15) is 14.0 Å². The molecule has 0 spiro atoms. The number of fused-ring (bicyclic) bond motifs is 1. The molecule has 3 N–H and O–H groups in total. The van der Waals surface area contributed by atoms with Gasteiger partial charge in [-0.15, -0.1) is 11.3 Å². The second-order valence-corrected chi connectivity index (χ2v) is 9.45. The summed E-state index contributed by atoms with van der Waals surface area (Å²) in [5.74, 6) is 0.647. The molecule has 33 heavy (non-hydrogen) atoms. The van der Waals surface area contributed by atoms with E-state index in [1.165, 1.54) is 16.2 Å². The van der Waals surface area contributed by atoms with Crippen LogP contribution in [0.5, 0.6) is 0 Å². The summed E-state index contributed by atoms with van der Waals surface area (Å²) in [6.45, 7) is 4.14. The maximum Gasteiger partial charge on any atom is 0.323 e. The van der Waals surface area contributed by atoms with E-state index in [1.54, 1.807) is 22.9 Å². The van der Waals surface area contributed by atoms with E-state index in [0.717, 1.165) is 29.1 Å². The number of likely N-dealkylation sites (tertiary alicyclic amines) is 1. The molecule has 4 aromatic heterocycles. The SMILES string of the molecule is C=c1[nH]c(=O)[nH]/c1=C\c1cnn2c(NC3CC3)cc(-c3ccc(C(=O)N4CC(F)C4)s3)nc12. The molecule has 1 saturated carbocycles. The molecule has 2 fully saturated rings. The van der Waals surface area contributed by atoms with Gasteiger partial charge in [-0.05, 0) is 31.1 Å². The molecule has 9 nitrogen and oxygen atoms in total. The number of thiophene rings is 1. The molecule has 0 bridgehead atoms. The van der Waals surface area contributed by atoms with Crippen molar-refractivity contribution in [3.8, 4) is 10.6 Å². The molecule has 0 radical (unpaired) electrons. The predicted octanol–water partition coefficient (Wildman–Crippen LogP) is 1.08. The van der Waals surface area contributed by atoms with E-state index >= 15 is 0 Å². The number of carbonyl (C=O) groups excluding carboxylic acids is 1. The molecule has 0 unspecified atom stereocenters. The molecule has 11 heteroatoms. The predicted molar refractivity (Wildman–Crippen MR) is 123 cm³/mol. The highest BCUT2D eigenvalue weighted by molar-refractivity contribution is 7.17. The zero-order valence-electron chi connectivity index (χ0n) is 17.5. The Morgan fingerprint density at radius 1 is 1.30 bits per heavy atom. The van der Waals surface area contributed by atoms with Gasteiger partial charge in [-0.1, -0.05) is 6.58 Å². The van der Waals surface area contributed by atoms with Gasteiger partial charge in [-0.2, -0.15) is 9.61 Å². The van der Waals surface area contributed by atoms with Crippen molar-refractivity contribution in [3.05, 3.63) is 56.0 Å². The number of carbonyl (C=O) groups is 1. The van der Waals surface area contributed by atoms with Crippen molar-refractivity contribution < 1.29 is 9.18 Å². The molecular formula is C22H20FN7O2S. The fourth-order valence-corrected chi connectivity index (χ4v) is 4.73. The molecule has 1 amide bonds. The quantitative estimate of drug-likeness (QED) is 0.409. The van der Waals surface area contributed by atoms with Crippen molar-refractivity contribution in [2.24, 2.45) is 0 Å². The van der Waals surface area contributed by atoms with Gasteiger partial charge >= 0.3 is 5.69 Å². The van der Waals surface area contributed by atoms with Crippen LogP contribution in [-0.2, 0) is 0 Å². The Hall–Kier alpha value is -3.73. The fourth-order valence-electron chi connectivity index (χ4n) is 3.80. The minimum Gasteiger partial charge on any atom is -0.367 e. The summed E-state index contributed by atoms with van der Waals surface area (Å²) in [6.07, 6.45) is 4.73. The first kappa shape index (κ1) is 19.9. The number of nitrogens with zero attached hydrogens (tertiary/aromatic N) is 4. The Morgan fingerprint density at radius 2 is 2.12 bits per heavy atom. The average Bonchev–Trinajstić information content (AvgIpc) is 3.16. The maximum absolute atomic E-state index is 13.2. The van der Waals surface area contributed by atoms with Crippen molar-refractivity contribution in [2.45, 2.75) is 25.1 Å². The number of hydrogen-bond acceptors (Lipinski definition) is 6. The van der Waals surface area contributed by atoms with Crippen LogP contribution in [0.2, 0.25) is 0 Å². The van der Waals surface area contributed by atoms with Crippen LogP contribution in [0.3, 0.4) is 0 Å². The summed E-state index contributed by atoms with van der Waals surface area (Å²) in [5, 5.41) is 9.02.